The number of alkyl halides is 3. The zero-order chi connectivity index (χ0) is 27.2. The number of carbonyl (C=O) groups is 1. The molecule has 2 aromatic carbocycles. The number of aliphatic hydroxyl groups excluding tert-OH is 1. The van der Waals surface area contributed by atoms with E-state index in [1.807, 2.05) is 6.07 Å². The zero-order valence-electron chi connectivity index (χ0n) is 21.3. The van der Waals surface area contributed by atoms with Crippen LogP contribution in [0.2, 0.25) is 0 Å². The molecule has 2 aliphatic rings. The van der Waals surface area contributed by atoms with Gasteiger partial charge in [-0.25, -0.2) is 4.98 Å². The number of amides is 1. The smallest absolute Gasteiger partial charge is 0.378 e. The molecule has 1 atom stereocenters. The van der Waals surface area contributed by atoms with Crippen LogP contribution in [0.1, 0.15) is 84.5 Å². The zero-order valence-corrected chi connectivity index (χ0v) is 21.3. The highest BCUT2D eigenvalue weighted by Crippen LogP contribution is 2.52. The molecule has 200 valence electrons. The van der Waals surface area contributed by atoms with E-state index in [9.17, 15) is 27.9 Å². The summed E-state index contributed by atoms with van der Waals surface area (Å²) in [7, 11) is 0. The number of aliphatic hydroxyl groups is 1. The topological polar surface area (TPSA) is 86.3 Å². The van der Waals surface area contributed by atoms with E-state index in [-0.39, 0.29) is 29.6 Å². The molecule has 5 rings (SSSR count). The van der Waals surface area contributed by atoms with Gasteiger partial charge >= 0.3 is 6.18 Å². The van der Waals surface area contributed by atoms with Crippen LogP contribution in [0.15, 0.2) is 53.3 Å². The van der Waals surface area contributed by atoms with Gasteiger partial charge in [-0.1, -0.05) is 50.2 Å². The number of nitrogens with one attached hydrogen (secondary N) is 1. The predicted molar refractivity (Wildman–Crippen MR) is 136 cm³/mol. The van der Waals surface area contributed by atoms with Gasteiger partial charge in [-0.2, -0.15) is 13.2 Å². The van der Waals surface area contributed by atoms with Crippen molar-refractivity contribution in [2.45, 2.75) is 69.7 Å². The fourth-order valence-electron chi connectivity index (χ4n) is 5.22. The molecule has 0 unspecified atom stereocenters. The van der Waals surface area contributed by atoms with Gasteiger partial charge in [0.1, 0.15) is 5.82 Å². The van der Waals surface area contributed by atoms with Crippen molar-refractivity contribution in [3.8, 4) is 0 Å². The fraction of sp³-hybridized carbons (Fsp3) is 0.414. The summed E-state index contributed by atoms with van der Waals surface area (Å²) in [6.07, 6.45) is -3.61. The summed E-state index contributed by atoms with van der Waals surface area (Å²) in [6, 6.07) is 12.5. The maximum absolute atomic E-state index is 13.3. The Bertz CT molecular complexity index is 1430. The Morgan fingerprint density at radius 2 is 1.82 bits per heavy atom. The average Bonchev–Trinajstić information content (AvgIpc) is 3.72. The van der Waals surface area contributed by atoms with Gasteiger partial charge in [0, 0.05) is 6.54 Å². The van der Waals surface area contributed by atoms with Crippen molar-refractivity contribution >= 4 is 5.91 Å². The first-order valence-corrected chi connectivity index (χ1v) is 12.9. The van der Waals surface area contributed by atoms with E-state index in [1.54, 1.807) is 0 Å². The van der Waals surface area contributed by atoms with Crippen molar-refractivity contribution < 1.29 is 23.1 Å². The SMILES string of the molecule is CC(C)c1cccc(C2(c3nc4c(c(=O)[nH]3)CN(C(=O)[C@H](O)c3cccc(C(F)(F)F)c3)CCC4)CC2)c1. The summed E-state index contributed by atoms with van der Waals surface area (Å²) < 4.78 is 39.3. The van der Waals surface area contributed by atoms with Crippen molar-refractivity contribution in [2.24, 2.45) is 0 Å². The number of benzene rings is 2. The van der Waals surface area contributed by atoms with Crippen molar-refractivity contribution in [2.75, 3.05) is 6.54 Å². The van der Waals surface area contributed by atoms with Crippen LogP contribution in [-0.4, -0.2) is 32.4 Å². The Kier molecular flexibility index (Phi) is 6.67. The standard InChI is InChI=1S/C29H30F3N3O3/c1-17(2)18-6-3-8-20(14-18)28(11-12-28)27-33-23-10-5-13-35(16-22(23)25(37)34-27)26(38)24(36)19-7-4-9-21(15-19)29(30,31)32/h3-4,6-9,14-15,17,24,36H,5,10-13,16H2,1-2H3,(H,33,34,37)/t24-/m1/s1. The number of rotatable bonds is 5. The summed E-state index contributed by atoms with van der Waals surface area (Å²) in [5.41, 5.74) is 1.58. The molecule has 6 nitrogen and oxygen atoms in total. The quantitative estimate of drug-likeness (QED) is 0.491. The Morgan fingerprint density at radius 1 is 1.11 bits per heavy atom. The molecule has 2 N–H and O–H groups in total. The van der Waals surface area contributed by atoms with Crippen LogP contribution in [0, 0.1) is 0 Å². The molecule has 3 aromatic rings. The molecule has 38 heavy (non-hydrogen) atoms. The monoisotopic (exact) mass is 525 g/mol. The molecular formula is C29H30F3N3O3. The Hall–Kier alpha value is -3.46. The Balaban J connectivity index is 1.41. The molecule has 2 heterocycles. The number of hydrogen-bond acceptors (Lipinski definition) is 4. The molecule has 1 aliphatic heterocycles. The van der Waals surface area contributed by atoms with Crippen LogP contribution in [0.25, 0.3) is 0 Å². The fourth-order valence-corrected chi connectivity index (χ4v) is 5.22. The molecule has 1 amide bonds. The highest BCUT2D eigenvalue weighted by atomic mass is 19.4. The Labute approximate surface area is 218 Å². The maximum Gasteiger partial charge on any atom is 0.416 e. The number of H-pyrrole nitrogens is 1. The van der Waals surface area contributed by atoms with Crippen LogP contribution in [0.4, 0.5) is 13.2 Å². The van der Waals surface area contributed by atoms with Crippen LogP contribution in [-0.2, 0) is 29.4 Å². The summed E-state index contributed by atoms with van der Waals surface area (Å²) in [5, 5.41) is 10.6. The molecule has 0 spiro atoms. The van der Waals surface area contributed by atoms with Gasteiger partial charge in [0.25, 0.3) is 11.5 Å². The lowest BCUT2D eigenvalue weighted by molar-refractivity contribution is -0.142. The normalized spacial score (nSPS) is 17.6. The van der Waals surface area contributed by atoms with Crippen molar-refractivity contribution in [3.05, 3.63) is 98.2 Å². The van der Waals surface area contributed by atoms with Crippen molar-refractivity contribution in [3.63, 3.8) is 0 Å². The lowest BCUT2D eigenvalue weighted by Gasteiger charge is -2.24. The second kappa shape index (κ2) is 9.69. The lowest BCUT2D eigenvalue weighted by atomic mass is 9.90. The molecule has 9 heteroatoms. The minimum absolute atomic E-state index is 0.0668. The lowest BCUT2D eigenvalue weighted by Crippen LogP contribution is -2.36. The van der Waals surface area contributed by atoms with E-state index >= 15 is 0 Å². The summed E-state index contributed by atoms with van der Waals surface area (Å²) in [4.78, 5) is 35.5. The molecule has 0 saturated heterocycles. The largest absolute Gasteiger partial charge is 0.416 e. The van der Waals surface area contributed by atoms with E-state index in [4.69, 9.17) is 4.98 Å². The number of fused-ring (bicyclic) bond motifs is 1. The van der Waals surface area contributed by atoms with Crippen LogP contribution in [0.3, 0.4) is 0 Å². The van der Waals surface area contributed by atoms with Gasteiger partial charge < -0.3 is 15.0 Å². The minimum atomic E-state index is -4.59. The summed E-state index contributed by atoms with van der Waals surface area (Å²) >= 11 is 0. The van der Waals surface area contributed by atoms with Gasteiger partial charge in [0.2, 0.25) is 0 Å². The van der Waals surface area contributed by atoms with Crippen LogP contribution < -0.4 is 5.56 Å². The second-order valence-electron chi connectivity index (χ2n) is 10.6. The second-order valence-corrected chi connectivity index (χ2v) is 10.6. The number of nitrogens with zero attached hydrogens (tertiary/aromatic N) is 2. The number of carbonyl (C=O) groups excluding carboxylic acids is 1. The van der Waals surface area contributed by atoms with Crippen LogP contribution in [0.5, 0.6) is 0 Å². The summed E-state index contributed by atoms with van der Waals surface area (Å²) in [5.74, 6) is 0.260. The van der Waals surface area contributed by atoms with E-state index in [0.717, 1.165) is 36.6 Å². The molecule has 1 aliphatic carbocycles. The highest BCUT2D eigenvalue weighted by molar-refractivity contribution is 5.82. The molecular weight excluding hydrogens is 495 g/mol. The third-order valence-corrected chi connectivity index (χ3v) is 7.68. The van der Waals surface area contributed by atoms with E-state index < -0.39 is 23.8 Å². The third-order valence-electron chi connectivity index (χ3n) is 7.68. The van der Waals surface area contributed by atoms with Gasteiger partial charge in [0.15, 0.2) is 6.10 Å². The van der Waals surface area contributed by atoms with Gasteiger partial charge in [-0.15, -0.1) is 0 Å². The van der Waals surface area contributed by atoms with Gasteiger partial charge in [-0.05, 0) is 60.4 Å². The van der Waals surface area contributed by atoms with E-state index in [2.05, 4.69) is 37.0 Å². The van der Waals surface area contributed by atoms with E-state index in [0.29, 0.717) is 35.8 Å². The van der Waals surface area contributed by atoms with Crippen molar-refractivity contribution in [1.82, 2.24) is 14.9 Å². The first kappa shape index (κ1) is 26.2. The molecule has 0 radical (unpaired) electrons. The first-order valence-electron chi connectivity index (χ1n) is 12.9. The molecule has 1 saturated carbocycles. The number of aromatic amines is 1. The first-order chi connectivity index (χ1) is 18.0. The predicted octanol–water partition coefficient (Wildman–Crippen LogP) is 5.00. The minimum Gasteiger partial charge on any atom is -0.378 e. The third kappa shape index (κ3) is 4.87. The molecule has 1 aromatic heterocycles. The van der Waals surface area contributed by atoms with Crippen LogP contribution >= 0.6 is 0 Å². The molecule has 1 fully saturated rings. The molecule has 0 bridgehead atoms. The number of aromatic nitrogens is 2. The number of halogens is 3. The maximum atomic E-state index is 13.3. The number of hydrogen-bond donors (Lipinski definition) is 2. The average molecular weight is 526 g/mol. The number of aryl methyl sites for hydroxylation is 1. The van der Waals surface area contributed by atoms with E-state index in [1.165, 1.54) is 16.5 Å². The van der Waals surface area contributed by atoms with Crippen molar-refractivity contribution in [1.29, 1.82) is 0 Å². The highest BCUT2D eigenvalue weighted by Gasteiger charge is 2.49. The Morgan fingerprint density at radius 3 is 2.50 bits per heavy atom. The van der Waals surface area contributed by atoms with Gasteiger partial charge in [0.05, 0.1) is 28.8 Å². The summed E-state index contributed by atoms with van der Waals surface area (Å²) in [6.45, 7) is 4.46. The van der Waals surface area contributed by atoms with Gasteiger partial charge in [-0.3, -0.25) is 9.59 Å².